The first kappa shape index (κ1) is 12.5. The molecule has 0 radical (unpaired) electrons. The number of rotatable bonds is 0. The standard InChI is InChI=1S/C18H23NO2/c1-16-9-5-6-10-18(16)20-15(11-16)17(21-18)12-19(2)14-8-4-3-7-13(14)17/h3-4,7-8,15H,5-6,9-12H2,1-2H3/t15-,16-,17+,18+/m1/s1. The van der Waals surface area contributed by atoms with E-state index in [1.165, 1.54) is 30.5 Å². The molecule has 0 unspecified atom stereocenters. The summed E-state index contributed by atoms with van der Waals surface area (Å²) in [5, 5.41) is 0. The zero-order valence-corrected chi connectivity index (χ0v) is 12.9. The van der Waals surface area contributed by atoms with Crippen LogP contribution in [0.25, 0.3) is 0 Å². The number of nitrogens with zero attached hydrogens (tertiary/aromatic N) is 1. The van der Waals surface area contributed by atoms with E-state index >= 15 is 0 Å². The van der Waals surface area contributed by atoms with Crippen LogP contribution in [0.1, 0.15) is 44.6 Å². The van der Waals surface area contributed by atoms with E-state index < -0.39 is 0 Å². The third kappa shape index (κ3) is 1.29. The quantitative estimate of drug-likeness (QED) is 0.729. The van der Waals surface area contributed by atoms with E-state index in [2.05, 4.69) is 43.1 Å². The van der Waals surface area contributed by atoms with Crippen molar-refractivity contribution < 1.29 is 9.47 Å². The lowest BCUT2D eigenvalue weighted by atomic mass is 9.66. The van der Waals surface area contributed by atoms with Crippen molar-refractivity contribution in [3.05, 3.63) is 29.8 Å². The van der Waals surface area contributed by atoms with Gasteiger partial charge in [0.1, 0.15) is 5.60 Å². The van der Waals surface area contributed by atoms with Crippen molar-refractivity contribution >= 4 is 5.69 Å². The molecule has 2 saturated heterocycles. The zero-order valence-electron chi connectivity index (χ0n) is 12.9. The summed E-state index contributed by atoms with van der Waals surface area (Å²) in [5.41, 5.74) is 2.63. The molecule has 0 amide bonds. The highest BCUT2D eigenvalue weighted by atomic mass is 16.8. The number of hydrogen-bond acceptors (Lipinski definition) is 3. The van der Waals surface area contributed by atoms with Crippen LogP contribution >= 0.6 is 0 Å². The van der Waals surface area contributed by atoms with Gasteiger partial charge in [0.2, 0.25) is 0 Å². The third-order valence-electron chi connectivity index (χ3n) is 6.48. The number of fused-ring (bicyclic) bond motifs is 4. The lowest BCUT2D eigenvalue weighted by molar-refractivity contribution is -0.257. The van der Waals surface area contributed by atoms with Gasteiger partial charge in [0.25, 0.3) is 0 Å². The van der Waals surface area contributed by atoms with Crippen LogP contribution < -0.4 is 4.90 Å². The number of para-hydroxylation sites is 1. The Labute approximate surface area is 126 Å². The second-order valence-electron chi connectivity index (χ2n) is 7.70. The Kier molecular flexibility index (Phi) is 2.16. The first-order valence-electron chi connectivity index (χ1n) is 8.27. The minimum absolute atomic E-state index is 0.215. The second kappa shape index (κ2) is 3.64. The predicted octanol–water partition coefficient (Wildman–Crippen LogP) is 3.43. The number of benzene rings is 1. The van der Waals surface area contributed by atoms with Crippen molar-refractivity contribution in [2.45, 2.75) is 56.5 Å². The molecule has 1 aromatic carbocycles. The lowest BCUT2D eigenvalue weighted by Crippen LogP contribution is -2.54. The van der Waals surface area contributed by atoms with Crippen LogP contribution in [0.2, 0.25) is 0 Å². The molecule has 2 bridgehead atoms. The molecule has 3 fully saturated rings. The molecular formula is C18H23NO2. The molecule has 4 aliphatic rings. The van der Waals surface area contributed by atoms with Gasteiger partial charge in [-0.3, -0.25) is 0 Å². The Bertz CT molecular complexity index is 615. The fraction of sp³-hybridized carbons (Fsp3) is 0.667. The van der Waals surface area contributed by atoms with Crippen molar-refractivity contribution in [3.8, 4) is 0 Å². The van der Waals surface area contributed by atoms with E-state index in [1.54, 1.807) is 0 Å². The van der Waals surface area contributed by atoms with Crippen LogP contribution in [-0.4, -0.2) is 25.5 Å². The minimum atomic E-state index is -0.325. The monoisotopic (exact) mass is 285 g/mol. The molecule has 0 aromatic heterocycles. The van der Waals surface area contributed by atoms with E-state index in [1.807, 2.05) is 0 Å². The molecule has 3 nitrogen and oxygen atoms in total. The van der Waals surface area contributed by atoms with Gasteiger partial charge >= 0.3 is 0 Å². The molecule has 1 saturated carbocycles. The van der Waals surface area contributed by atoms with Gasteiger partial charge in [0, 0.05) is 30.1 Å². The molecule has 112 valence electrons. The molecule has 2 spiro atoms. The highest BCUT2D eigenvalue weighted by Gasteiger charge is 2.73. The van der Waals surface area contributed by atoms with Crippen molar-refractivity contribution in [1.82, 2.24) is 0 Å². The van der Waals surface area contributed by atoms with Crippen LogP contribution in [0, 0.1) is 5.41 Å². The first-order chi connectivity index (χ1) is 10.1. The zero-order chi connectivity index (χ0) is 14.3. The summed E-state index contributed by atoms with van der Waals surface area (Å²) in [6.45, 7) is 3.30. The van der Waals surface area contributed by atoms with Crippen LogP contribution in [0.3, 0.4) is 0 Å². The largest absolute Gasteiger partial charge is 0.371 e. The second-order valence-corrected chi connectivity index (χ2v) is 7.70. The molecular weight excluding hydrogens is 262 g/mol. The number of anilines is 1. The maximum absolute atomic E-state index is 6.84. The summed E-state index contributed by atoms with van der Waals surface area (Å²) in [5.74, 6) is -0.325. The Morgan fingerprint density at radius 1 is 1.19 bits per heavy atom. The van der Waals surface area contributed by atoms with Gasteiger partial charge in [-0.15, -0.1) is 0 Å². The van der Waals surface area contributed by atoms with Crippen molar-refractivity contribution in [2.24, 2.45) is 5.41 Å². The molecule has 3 aliphatic heterocycles. The topological polar surface area (TPSA) is 21.7 Å². The summed E-state index contributed by atoms with van der Waals surface area (Å²) < 4.78 is 13.4. The van der Waals surface area contributed by atoms with E-state index in [0.29, 0.717) is 0 Å². The van der Waals surface area contributed by atoms with Gasteiger partial charge in [-0.2, -0.15) is 0 Å². The number of hydrogen-bond donors (Lipinski definition) is 0. The third-order valence-corrected chi connectivity index (χ3v) is 6.48. The highest BCUT2D eigenvalue weighted by Crippen LogP contribution is 2.67. The molecule has 3 heterocycles. The molecule has 3 heteroatoms. The van der Waals surface area contributed by atoms with Crippen LogP contribution in [0.4, 0.5) is 5.69 Å². The SMILES string of the molecule is CN1C[C@]2(O[C@@]34CCCC[C@]3(C)C[C@H]2O4)c2ccccc21. The summed E-state index contributed by atoms with van der Waals surface area (Å²) in [4.78, 5) is 2.33. The van der Waals surface area contributed by atoms with Crippen LogP contribution in [-0.2, 0) is 15.1 Å². The van der Waals surface area contributed by atoms with Gasteiger partial charge in [-0.1, -0.05) is 31.5 Å². The normalized spacial score (nSPS) is 47.0. The summed E-state index contributed by atoms with van der Waals surface area (Å²) in [6.07, 6.45) is 6.23. The Morgan fingerprint density at radius 3 is 2.90 bits per heavy atom. The van der Waals surface area contributed by atoms with Gasteiger partial charge < -0.3 is 14.4 Å². The summed E-state index contributed by atoms with van der Waals surface area (Å²) in [7, 11) is 2.17. The van der Waals surface area contributed by atoms with E-state index in [-0.39, 0.29) is 22.9 Å². The van der Waals surface area contributed by atoms with Crippen LogP contribution in [0.15, 0.2) is 24.3 Å². The fourth-order valence-electron chi connectivity index (χ4n) is 5.37. The Hall–Kier alpha value is -1.06. The van der Waals surface area contributed by atoms with Crippen LogP contribution in [0.5, 0.6) is 0 Å². The van der Waals surface area contributed by atoms with Crippen molar-refractivity contribution in [2.75, 3.05) is 18.5 Å². The van der Waals surface area contributed by atoms with Crippen molar-refractivity contribution in [1.29, 1.82) is 0 Å². The van der Waals surface area contributed by atoms with Gasteiger partial charge in [-0.25, -0.2) is 0 Å². The van der Waals surface area contributed by atoms with Gasteiger partial charge in [-0.05, 0) is 25.3 Å². The lowest BCUT2D eigenvalue weighted by Gasteiger charge is -2.49. The average Bonchev–Trinajstić information content (AvgIpc) is 3.05. The summed E-state index contributed by atoms with van der Waals surface area (Å²) >= 11 is 0. The minimum Gasteiger partial charge on any atom is -0.371 e. The number of likely N-dealkylation sites (N-methyl/N-ethyl adjacent to an activating group) is 1. The van der Waals surface area contributed by atoms with Gasteiger partial charge in [0.15, 0.2) is 5.79 Å². The maximum Gasteiger partial charge on any atom is 0.175 e. The predicted molar refractivity (Wildman–Crippen MR) is 81.3 cm³/mol. The van der Waals surface area contributed by atoms with E-state index in [0.717, 1.165) is 19.4 Å². The molecule has 1 aliphatic carbocycles. The molecule has 1 aromatic rings. The molecule has 5 rings (SSSR count). The number of ether oxygens (including phenoxy) is 2. The van der Waals surface area contributed by atoms with E-state index in [4.69, 9.17) is 9.47 Å². The summed E-state index contributed by atoms with van der Waals surface area (Å²) in [6, 6.07) is 8.69. The average molecular weight is 285 g/mol. The first-order valence-corrected chi connectivity index (χ1v) is 8.27. The van der Waals surface area contributed by atoms with Crippen molar-refractivity contribution in [3.63, 3.8) is 0 Å². The highest BCUT2D eigenvalue weighted by molar-refractivity contribution is 5.62. The Morgan fingerprint density at radius 2 is 2.00 bits per heavy atom. The molecule has 4 atom stereocenters. The molecule has 0 N–H and O–H groups in total. The smallest absolute Gasteiger partial charge is 0.175 e. The van der Waals surface area contributed by atoms with Gasteiger partial charge in [0.05, 0.1) is 12.6 Å². The maximum atomic E-state index is 6.84. The fourth-order valence-corrected chi connectivity index (χ4v) is 5.37. The molecule has 21 heavy (non-hydrogen) atoms. The Balaban J connectivity index is 1.63. The van der Waals surface area contributed by atoms with E-state index in [9.17, 15) is 0 Å².